The lowest BCUT2D eigenvalue weighted by molar-refractivity contribution is 0.454. The van der Waals surface area contributed by atoms with E-state index in [9.17, 15) is 5.11 Å². The molecule has 0 aromatic heterocycles. The van der Waals surface area contributed by atoms with Gasteiger partial charge in [0.1, 0.15) is 5.75 Å². The molecule has 0 aliphatic rings. The smallest absolute Gasteiger partial charge is 0.120 e. The van der Waals surface area contributed by atoms with Gasteiger partial charge in [0.2, 0.25) is 0 Å². The third-order valence-corrected chi connectivity index (χ3v) is 1.90. The van der Waals surface area contributed by atoms with Crippen molar-refractivity contribution in [1.29, 1.82) is 0 Å². The van der Waals surface area contributed by atoms with Crippen LogP contribution in [0.5, 0.6) is 5.75 Å². The number of benzene rings is 1. The van der Waals surface area contributed by atoms with E-state index in [4.69, 9.17) is 5.84 Å². The van der Waals surface area contributed by atoms with Crippen molar-refractivity contribution in [3.63, 3.8) is 0 Å². The first-order valence-electron chi connectivity index (χ1n) is 3.91. The van der Waals surface area contributed by atoms with E-state index in [0.29, 0.717) is 5.75 Å². The molecular weight excluding hydrogens is 152 g/mol. The minimum Gasteiger partial charge on any atom is -0.508 e. The maximum atomic E-state index is 9.50. The standard InChI is InChI=1S/C9H14N2O/c1-6-3-4-8(7(2)11-10)9(12)5-6/h3-5,7,11-12H,10H2,1-2H3/t7-/m0/s1. The number of hydrazine groups is 1. The zero-order valence-corrected chi connectivity index (χ0v) is 7.33. The lowest BCUT2D eigenvalue weighted by atomic mass is 10.1. The van der Waals surface area contributed by atoms with Gasteiger partial charge in [-0.05, 0) is 25.5 Å². The third kappa shape index (κ3) is 1.75. The van der Waals surface area contributed by atoms with E-state index in [1.54, 1.807) is 6.07 Å². The molecule has 0 aliphatic heterocycles. The summed E-state index contributed by atoms with van der Waals surface area (Å²) in [5, 5.41) is 9.50. The van der Waals surface area contributed by atoms with Crippen molar-refractivity contribution in [2.75, 3.05) is 0 Å². The number of nitrogens with one attached hydrogen (secondary N) is 1. The van der Waals surface area contributed by atoms with Crippen LogP contribution in [0.3, 0.4) is 0 Å². The Kier molecular flexibility index (Phi) is 2.68. The highest BCUT2D eigenvalue weighted by Gasteiger charge is 2.07. The van der Waals surface area contributed by atoms with Gasteiger partial charge in [0.05, 0.1) is 0 Å². The number of phenols is 1. The number of aryl methyl sites for hydroxylation is 1. The Morgan fingerprint density at radius 1 is 1.50 bits per heavy atom. The van der Waals surface area contributed by atoms with Crippen LogP contribution in [0, 0.1) is 6.92 Å². The fraction of sp³-hybridized carbons (Fsp3) is 0.333. The molecule has 1 aromatic carbocycles. The number of hydrogen-bond donors (Lipinski definition) is 3. The monoisotopic (exact) mass is 166 g/mol. The summed E-state index contributed by atoms with van der Waals surface area (Å²) in [5.74, 6) is 5.54. The molecule has 3 nitrogen and oxygen atoms in total. The van der Waals surface area contributed by atoms with Gasteiger partial charge in [0, 0.05) is 11.6 Å². The second-order valence-corrected chi connectivity index (χ2v) is 2.95. The molecule has 0 saturated carbocycles. The first-order valence-corrected chi connectivity index (χ1v) is 3.91. The zero-order valence-electron chi connectivity index (χ0n) is 7.33. The van der Waals surface area contributed by atoms with Gasteiger partial charge < -0.3 is 5.11 Å². The molecule has 1 rings (SSSR count). The van der Waals surface area contributed by atoms with Crippen molar-refractivity contribution in [2.24, 2.45) is 5.84 Å². The molecule has 4 N–H and O–H groups in total. The number of aromatic hydroxyl groups is 1. The van der Waals surface area contributed by atoms with Crippen molar-refractivity contribution in [3.8, 4) is 5.75 Å². The van der Waals surface area contributed by atoms with Crippen LogP contribution in [0.25, 0.3) is 0 Å². The van der Waals surface area contributed by atoms with E-state index < -0.39 is 0 Å². The van der Waals surface area contributed by atoms with Crippen molar-refractivity contribution >= 4 is 0 Å². The summed E-state index contributed by atoms with van der Waals surface area (Å²) in [5.41, 5.74) is 4.45. The summed E-state index contributed by atoms with van der Waals surface area (Å²) in [6, 6.07) is 5.52. The number of nitrogens with two attached hydrogens (primary N) is 1. The number of phenolic OH excluding ortho intramolecular Hbond substituents is 1. The van der Waals surface area contributed by atoms with Crippen LogP contribution in [0.15, 0.2) is 18.2 Å². The SMILES string of the molecule is Cc1ccc([C@H](C)NN)c(O)c1. The molecule has 0 saturated heterocycles. The minimum atomic E-state index is -0.0226. The highest BCUT2D eigenvalue weighted by Crippen LogP contribution is 2.23. The van der Waals surface area contributed by atoms with Gasteiger partial charge in [0.15, 0.2) is 0 Å². The van der Waals surface area contributed by atoms with Gasteiger partial charge in [-0.3, -0.25) is 11.3 Å². The molecule has 0 radical (unpaired) electrons. The van der Waals surface area contributed by atoms with Gasteiger partial charge in [-0.2, -0.15) is 0 Å². The summed E-state index contributed by atoms with van der Waals surface area (Å²) >= 11 is 0. The lowest BCUT2D eigenvalue weighted by Gasteiger charge is -2.12. The third-order valence-electron chi connectivity index (χ3n) is 1.90. The predicted molar refractivity (Wildman–Crippen MR) is 48.6 cm³/mol. The molecule has 1 atom stereocenters. The first-order chi connectivity index (χ1) is 5.65. The van der Waals surface area contributed by atoms with E-state index in [-0.39, 0.29) is 6.04 Å². The van der Waals surface area contributed by atoms with Crippen molar-refractivity contribution in [1.82, 2.24) is 5.43 Å². The lowest BCUT2D eigenvalue weighted by Crippen LogP contribution is -2.25. The van der Waals surface area contributed by atoms with Gasteiger partial charge in [-0.15, -0.1) is 0 Å². The normalized spacial score (nSPS) is 12.9. The van der Waals surface area contributed by atoms with Gasteiger partial charge in [-0.1, -0.05) is 12.1 Å². The average Bonchev–Trinajstić information content (AvgIpc) is 2.03. The Bertz CT molecular complexity index is 273. The van der Waals surface area contributed by atoms with E-state index in [1.807, 2.05) is 26.0 Å². The maximum Gasteiger partial charge on any atom is 0.120 e. The fourth-order valence-electron chi connectivity index (χ4n) is 1.11. The van der Waals surface area contributed by atoms with Gasteiger partial charge in [-0.25, -0.2) is 0 Å². The second-order valence-electron chi connectivity index (χ2n) is 2.95. The average molecular weight is 166 g/mol. The summed E-state index contributed by atoms with van der Waals surface area (Å²) in [4.78, 5) is 0. The van der Waals surface area contributed by atoms with E-state index in [1.165, 1.54) is 0 Å². The zero-order chi connectivity index (χ0) is 9.14. The van der Waals surface area contributed by atoms with Crippen LogP contribution in [0.4, 0.5) is 0 Å². The number of hydrogen-bond acceptors (Lipinski definition) is 3. The molecule has 0 amide bonds. The Morgan fingerprint density at radius 2 is 2.17 bits per heavy atom. The van der Waals surface area contributed by atoms with Crippen LogP contribution >= 0.6 is 0 Å². The molecule has 0 bridgehead atoms. The highest BCUT2D eigenvalue weighted by atomic mass is 16.3. The maximum absolute atomic E-state index is 9.50. The number of rotatable bonds is 2. The quantitative estimate of drug-likeness (QED) is 0.457. The van der Waals surface area contributed by atoms with Gasteiger partial charge >= 0.3 is 0 Å². The predicted octanol–water partition coefficient (Wildman–Crippen LogP) is 1.22. The Morgan fingerprint density at radius 3 is 2.67 bits per heavy atom. The largest absolute Gasteiger partial charge is 0.508 e. The Balaban J connectivity index is 3.01. The minimum absolute atomic E-state index is 0.0226. The topological polar surface area (TPSA) is 58.3 Å². The molecule has 0 fully saturated rings. The molecule has 12 heavy (non-hydrogen) atoms. The van der Waals surface area contributed by atoms with Crippen LogP contribution in [-0.4, -0.2) is 5.11 Å². The summed E-state index contributed by atoms with van der Waals surface area (Å²) in [6.07, 6.45) is 0. The first kappa shape index (κ1) is 9.03. The molecule has 0 spiro atoms. The van der Waals surface area contributed by atoms with Crippen LogP contribution < -0.4 is 11.3 Å². The highest BCUT2D eigenvalue weighted by molar-refractivity contribution is 5.37. The van der Waals surface area contributed by atoms with Crippen molar-refractivity contribution in [2.45, 2.75) is 19.9 Å². The van der Waals surface area contributed by atoms with Crippen molar-refractivity contribution < 1.29 is 5.11 Å². The summed E-state index contributed by atoms with van der Waals surface area (Å²) in [6.45, 7) is 3.83. The second kappa shape index (κ2) is 3.56. The molecule has 66 valence electrons. The van der Waals surface area contributed by atoms with Crippen LogP contribution in [-0.2, 0) is 0 Å². The fourth-order valence-corrected chi connectivity index (χ4v) is 1.11. The van der Waals surface area contributed by atoms with Gasteiger partial charge in [0.25, 0.3) is 0 Å². The molecule has 0 unspecified atom stereocenters. The Hall–Kier alpha value is -1.06. The molecule has 1 aromatic rings. The Labute approximate surface area is 72.2 Å². The molecule has 3 heteroatoms. The van der Waals surface area contributed by atoms with E-state index >= 15 is 0 Å². The summed E-state index contributed by atoms with van der Waals surface area (Å²) < 4.78 is 0. The molecular formula is C9H14N2O. The van der Waals surface area contributed by atoms with E-state index in [2.05, 4.69) is 5.43 Å². The molecule has 0 aliphatic carbocycles. The van der Waals surface area contributed by atoms with Crippen LogP contribution in [0.1, 0.15) is 24.1 Å². The van der Waals surface area contributed by atoms with E-state index in [0.717, 1.165) is 11.1 Å². The summed E-state index contributed by atoms with van der Waals surface area (Å²) in [7, 11) is 0. The van der Waals surface area contributed by atoms with Crippen LogP contribution in [0.2, 0.25) is 0 Å². The molecule has 0 heterocycles. The van der Waals surface area contributed by atoms with Crippen molar-refractivity contribution in [3.05, 3.63) is 29.3 Å².